The number of benzene rings is 1. The summed E-state index contributed by atoms with van der Waals surface area (Å²) < 4.78 is 5.69. The summed E-state index contributed by atoms with van der Waals surface area (Å²) in [5, 5.41) is 9.55. The molecule has 1 N–H and O–H groups in total. The van der Waals surface area contributed by atoms with Crippen LogP contribution in [0, 0.1) is 12.3 Å². The van der Waals surface area contributed by atoms with Gasteiger partial charge in [-0.05, 0) is 55.7 Å². The second-order valence-electron chi connectivity index (χ2n) is 6.66. The molecule has 128 valence electrons. The summed E-state index contributed by atoms with van der Waals surface area (Å²) in [6.07, 6.45) is 4.07. The molecule has 23 heavy (non-hydrogen) atoms. The lowest BCUT2D eigenvalue weighted by Gasteiger charge is -2.40. The third-order valence-electron chi connectivity index (χ3n) is 5.06. The standard InChI is InChI=1S/C19H29NO3/c1-3-19(15-21)9-11-20(12-10-19)18(22)8-5-13-23-17-7-4-6-16(2)14-17/h4,6-7,14,21H,3,5,8-13,15H2,1-2H3. The topological polar surface area (TPSA) is 49.8 Å². The van der Waals surface area contributed by atoms with Gasteiger partial charge in [-0.3, -0.25) is 4.79 Å². The Balaban J connectivity index is 1.68. The van der Waals surface area contributed by atoms with Crippen molar-refractivity contribution < 1.29 is 14.6 Å². The van der Waals surface area contributed by atoms with Gasteiger partial charge < -0.3 is 14.7 Å². The minimum absolute atomic E-state index is 0.0328. The van der Waals surface area contributed by atoms with Crippen molar-refractivity contribution in [2.75, 3.05) is 26.3 Å². The number of nitrogens with zero attached hydrogens (tertiary/aromatic N) is 1. The van der Waals surface area contributed by atoms with Crippen molar-refractivity contribution in [3.8, 4) is 5.75 Å². The Morgan fingerprint density at radius 1 is 1.35 bits per heavy atom. The summed E-state index contributed by atoms with van der Waals surface area (Å²) in [6, 6.07) is 7.96. The van der Waals surface area contributed by atoms with Gasteiger partial charge in [0.15, 0.2) is 0 Å². The smallest absolute Gasteiger partial charge is 0.222 e. The van der Waals surface area contributed by atoms with Crippen LogP contribution in [0.15, 0.2) is 24.3 Å². The van der Waals surface area contributed by atoms with Crippen LogP contribution in [0.1, 0.15) is 44.6 Å². The molecule has 1 aliphatic rings. The Hall–Kier alpha value is -1.55. The van der Waals surface area contributed by atoms with Crippen molar-refractivity contribution in [3.05, 3.63) is 29.8 Å². The van der Waals surface area contributed by atoms with Gasteiger partial charge in [0.1, 0.15) is 5.75 Å². The second-order valence-corrected chi connectivity index (χ2v) is 6.66. The van der Waals surface area contributed by atoms with Gasteiger partial charge in [-0.2, -0.15) is 0 Å². The summed E-state index contributed by atoms with van der Waals surface area (Å²) in [5.41, 5.74) is 1.21. The number of aliphatic hydroxyl groups is 1. The van der Waals surface area contributed by atoms with Crippen LogP contribution in [-0.4, -0.2) is 42.2 Å². The third-order valence-corrected chi connectivity index (χ3v) is 5.06. The van der Waals surface area contributed by atoms with Crippen molar-refractivity contribution in [2.24, 2.45) is 5.41 Å². The molecule has 2 rings (SSSR count). The van der Waals surface area contributed by atoms with Crippen molar-refractivity contribution in [1.29, 1.82) is 0 Å². The highest BCUT2D eigenvalue weighted by Gasteiger charge is 2.33. The van der Waals surface area contributed by atoms with Crippen LogP contribution in [0.2, 0.25) is 0 Å². The highest BCUT2D eigenvalue weighted by atomic mass is 16.5. The molecule has 1 saturated heterocycles. The zero-order chi connectivity index (χ0) is 16.7. The average molecular weight is 319 g/mol. The number of amides is 1. The zero-order valence-electron chi connectivity index (χ0n) is 14.4. The number of hydrogen-bond acceptors (Lipinski definition) is 3. The monoisotopic (exact) mass is 319 g/mol. The van der Waals surface area contributed by atoms with Crippen molar-refractivity contribution in [3.63, 3.8) is 0 Å². The number of piperidine rings is 1. The number of aryl methyl sites for hydroxylation is 1. The molecule has 4 heteroatoms. The molecule has 1 aromatic carbocycles. The van der Waals surface area contributed by atoms with E-state index in [1.165, 1.54) is 5.56 Å². The van der Waals surface area contributed by atoms with E-state index < -0.39 is 0 Å². The number of carbonyl (C=O) groups is 1. The summed E-state index contributed by atoms with van der Waals surface area (Å²) in [4.78, 5) is 14.2. The molecule has 1 amide bonds. The van der Waals surface area contributed by atoms with Crippen LogP contribution in [0.3, 0.4) is 0 Å². The van der Waals surface area contributed by atoms with Crippen molar-refractivity contribution in [2.45, 2.75) is 46.0 Å². The zero-order valence-corrected chi connectivity index (χ0v) is 14.4. The Kier molecular flexibility index (Phi) is 6.46. The molecular weight excluding hydrogens is 290 g/mol. The Bertz CT molecular complexity index is 501. The maximum Gasteiger partial charge on any atom is 0.222 e. The fraction of sp³-hybridized carbons (Fsp3) is 0.632. The average Bonchev–Trinajstić information content (AvgIpc) is 2.58. The number of ether oxygens (including phenoxy) is 1. The van der Waals surface area contributed by atoms with Crippen LogP contribution in [-0.2, 0) is 4.79 Å². The number of aliphatic hydroxyl groups excluding tert-OH is 1. The van der Waals surface area contributed by atoms with E-state index >= 15 is 0 Å². The molecule has 0 atom stereocenters. The van der Waals surface area contributed by atoms with Crippen LogP contribution in [0.5, 0.6) is 5.75 Å². The molecule has 0 unspecified atom stereocenters. The molecule has 0 aliphatic carbocycles. The minimum atomic E-state index is 0.0328. The summed E-state index contributed by atoms with van der Waals surface area (Å²) in [7, 11) is 0. The number of hydrogen-bond donors (Lipinski definition) is 1. The lowest BCUT2D eigenvalue weighted by atomic mass is 9.77. The maximum absolute atomic E-state index is 12.3. The largest absolute Gasteiger partial charge is 0.494 e. The summed E-state index contributed by atoms with van der Waals surface area (Å²) in [6.45, 7) is 6.50. The first kappa shape index (κ1) is 17.8. The Labute approximate surface area is 139 Å². The minimum Gasteiger partial charge on any atom is -0.494 e. The van der Waals surface area contributed by atoms with Crippen molar-refractivity contribution in [1.82, 2.24) is 4.90 Å². The molecule has 0 spiro atoms. The van der Waals surface area contributed by atoms with E-state index in [1.54, 1.807) is 0 Å². The Morgan fingerprint density at radius 3 is 2.70 bits per heavy atom. The maximum atomic E-state index is 12.3. The van der Waals surface area contributed by atoms with E-state index in [0.29, 0.717) is 13.0 Å². The summed E-state index contributed by atoms with van der Waals surface area (Å²) >= 11 is 0. The lowest BCUT2D eigenvalue weighted by molar-refractivity contribution is -0.134. The highest BCUT2D eigenvalue weighted by Crippen LogP contribution is 2.34. The van der Waals surface area contributed by atoms with E-state index in [4.69, 9.17) is 4.74 Å². The van der Waals surface area contributed by atoms with Gasteiger partial charge in [0.2, 0.25) is 5.91 Å². The quantitative estimate of drug-likeness (QED) is 0.785. The molecule has 0 radical (unpaired) electrons. The first-order valence-corrected chi connectivity index (χ1v) is 8.67. The predicted molar refractivity (Wildman–Crippen MR) is 91.5 cm³/mol. The number of likely N-dealkylation sites (tertiary alicyclic amines) is 1. The number of rotatable bonds is 7. The summed E-state index contributed by atoms with van der Waals surface area (Å²) in [5.74, 6) is 1.08. The molecule has 0 bridgehead atoms. The van der Waals surface area contributed by atoms with E-state index in [1.807, 2.05) is 36.1 Å². The van der Waals surface area contributed by atoms with Gasteiger partial charge in [-0.1, -0.05) is 19.1 Å². The van der Waals surface area contributed by atoms with Crippen LogP contribution >= 0.6 is 0 Å². The fourth-order valence-corrected chi connectivity index (χ4v) is 3.13. The van der Waals surface area contributed by atoms with Gasteiger partial charge in [0.05, 0.1) is 6.61 Å². The van der Waals surface area contributed by atoms with Gasteiger partial charge in [0.25, 0.3) is 0 Å². The normalized spacial score (nSPS) is 17.1. The Morgan fingerprint density at radius 2 is 2.09 bits per heavy atom. The highest BCUT2D eigenvalue weighted by molar-refractivity contribution is 5.76. The number of carbonyl (C=O) groups excluding carboxylic acids is 1. The van der Waals surface area contributed by atoms with Gasteiger partial charge >= 0.3 is 0 Å². The van der Waals surface area contributed by atoms with Crippen LogP contribution in [0.4, 0.5) is 0 Å². The van der Waals surface area contributed by atoms with E-state index in [0.717, 1.165) is 44.5 Å². The van der Waals surface area contributed by atoms with Gasteiger partial charge in [-0.25, -0.2) is 0 Å². The third kappa shape index (κ3) is 4.96. The first-order valence-electron chi connectivity index (χ1n) is 8.67. The van der Waals surface area contributed by atoms with Crippen LogP contribution < -0.4 is 4.74 Å². The second kappa shape index (κ2) is 8.34. The van der Waals surface area contributed by atoms with Gasteiger partial charge in [-0.15, -0.1) is 0 Å². The fourth-order valence-electron chi connectivity index (χ4n) is 3.13. The van der Waals surface area contributed by atoms with E-state index in [-0.39, 0.29) is 17.9 Å². The molecule has 4 nitrogen and oxygen atoms in total. The van der Waals surface area contributed by atoms with Gasteiger partial charge in [0, 0.05) is 26.1 Å². The molecule has 1 heterocycles. The first-order chi connectivity index (χ1) is 11.1. The molecule has 0 saturated carbocycles. The molecule has 0 aromatic heterocycles. The molecule has 1 aromatic rings. The predicted octanol–water partition coefficient (Wildman–Crippen LogP) is 3.17. The van der Waals surface area contributed by atoms with Crippen LogP contribution in [0.25, 0.3) is 0 Å². The van der Waals surface area contributed by atoms with Crippen molar-refractivity contribution >= 4 is 5.91 Å². The van der Waals surface area contributed by atoms with E-state index in [9.17, 15) is 9.90 Å². The molecular formula is C19H29NO3. The lowest BCUT2D eigenvalue weighted by Crippen LogP contribution is -2.44. The SMILES string of the molecule is CCC1(CO)CCN(C(=O)CCCOc2cccc(C)c2)CC1. The molecule has 1 fully saturated rings. The van der Waals surface area contributed by atoms with E-state index in [2.05, 4.69) is 6.92 Å². The molecule has 1 aliphatic heterocycles.